The molecule has 0 N–H and O–H groups in total. The number of Topliss-reactive ketones (excluding diaryl/α,β-unsaturated/α-hetero) is 1. The normalized spacial score (nSPS) is 19.7. The van der Waals surface area contributed by atoms with Gasteiger partial charge in [0, 0.05) is 16.7 Å². The summed E-state index contributed by atoms with van der Waals surface area (Å²) in [5.41, 5.74) is 5.16. The zero-order valence-corrected chi connectivity index (χ0v) is 27.4. The van der Waals surface area contributed by atoms with Crippen LogP contribution in [0.1, 0.15) is 40.3 Å². The van der Waals surface area contributed by atoms with Crippen molar-refractivity contribution >= 4 is 49.0 Å². The zero-order valence-electron chi connectivity index (χ0n) is 25.0. The molecule has 2 aliphatic heterocycles. The van der Waals surface area contributed by atoms with Gasteiger partial charge in [0.1, 0.15) is 11.2 Å². The minimum absolute atomic E-state index is 0.124. The maximum atomic E-state index is 14.9. The summed E-state index contributed by atoms with van der Waals surface area (Å²) in [6, 6.07) is 27.8. The minimum atomic E-state index is -4.09. The van der Waals surface area contributed by atoms with Crippen molar-refractivity contribution in [2.45, 2.75) is 44.6 Å². The molecule has 2 atom stereocenters. The Labute approximate surface area is 267 Å². The lowest BCUT2D eigenvalue weighted by molar-refractivity contribution is -0.131. The van der Waals surface area contributed by atoms with Gasteiger partial charge in [-0.3, -0.25) is 13.9 Å². The number of carbonyl (C=O) groups is 2. The Morgan fingerprint density at radius 3 is 2.16 bits per heavy atom. The van der Waals surface area contributed by atoms with Crippen LogP contribution in [0.2, 0.25) is 0 Å². The van der Waals surface area contributed by atoms with Gasteiger partial charge in [0.05, 0.1) is 23.1 Å². The second-order valence-electron chi connectivity index (χ2n) is 11.8. The first-order valence-electron chi connectivity index (χ1n) is 14.5. The third kappa shape index (κ3) is 5.00. The lowest BCUT2D eigenvalue weighted by Gasteiger charge is -2.43. The molecule has 0 fully saturated rings. The first-order valence-corrected chi connectivity index (χ1v) is 16.7. The Morgan fingerprint density at radius 2 is 1.52 bits per heavy atom. The van der Waals surface area contributed by atoms with E-state index in [0.29, 0.717) is 23.4 Å². The predicted molar refractivity (Wildman–Crippen MR) is 177 cm³/mol. The highest BCUT2D eigenvalue weighted by molar-refractivity contribution is 9.10. The molecule has 44 heavy (non-hydrogen) atoms. The summed E-state index contributed by atoms with van der Waals surface area (Å²) in [4.78, 5) is 30.3. The Morgan fingerprint density at radius 1 is 0.886 bits per heavy atom. The van der Waals surface area contributed by atoms with Gasteiger partial charge in [-0.1, -0.05) is 93.3 Å². The van der Waals surface area contributed by atoms with Crippen LogP contribution < -0.4 is 4.90 Å². The molecule has 6 nitrogen and oxygen atoms in total. The van der Waals surface area contributed by atoms with Gasteiger partial charge in [-0.15, -0.1) is 0 Å². The van der Waals surface area contributed by atoms with E-state index in [1.54, 1.807) is 35.2 Å². The number of hydrogen-bond donors (Lipinski definition) is 0. The molecule has 6 rings (SSSR count). The van der Waals surface area contributed by atoms with Crippen molar-refractivity contribution in [3.63, 3.8) is 0 Å². The molecule has 0 saturated carbocycles. The summed E-state index contributed by atoms with van der Waals surface area (Å²) >= 11 is 3.48. The third-order valence-corrected chi connectivity index (χ3v) is 11.0. The predicted octanol–water partition coefficient (Wildman–Crippen LogP) is 7.11. The third-order valence-electron chi connectivity index (χ3n) is 8.63. The van der Waals surface area contributed by atoms with E-state index in [1.807, 2.05) is 69.3 Å². The Kier molecular flexibility index (Phi) is 7.62. The van der Waals surface area contributed by atoms with E-state index in [0.717, 1.165) is 32.4 Å². The van der Waals surface area contributed by atoms with Crippen LogP contribution in [0.4, 0.5) is 5.69 Å². The second kappa shape index (κ2) is 11.2. The van der Waals surface area contributed by atoms with Crippen molar-refractivity contribution < 1.29 is 18.0 Å². The molecule has 4 aromatic carbocycles. The van der Waals surface area contributed by atoms with E-state index >= 15 is 0 Å². The summed E-state index contributed by atoms with van der Waals surface area (Å²) in [5.74, 6) is -1.43. The number of ketones is 1. The lowest BCUT2D eigenvalue weighted by atomic mass is 9.67. The smallest absolute Gasteiger partial charge is 0.264 e. The molecule has 8 heteroatoms. The number of halogens is 1. The van der Waals surface area contributed by atoms with Gasteiger partial charge in [0.25, 0.3) is 10.0 Å². The minimum Gasteiger partial charge on any atom is -0.307 e. The van der Waals surface area contributed by atoms with Crippen molar-refractivity contribution in [3.05, 3.63) is 135 Å². The van der Waals surface area contributed by atoms with E-state index in [4.69, 9.17) is 0 Å². The fraction of sp³-hybridized carbons (Fsp3) is 0.222. The quantitative estimate of drug-likeness (QED) is 0.220. The maximum Gasteiger partial charge on any atom is 0.264 e. The van der Waals surface area contributed by atoms with Crippen LogP contribution in [0.5, 0.6) is 0 Å². The molecule has 224 valence electrons. The molecular formula is C36H33BrN2O4S. The van der Waals surface area contributed by atoms with Crippen LogP contribution in [0.3, 0.4) is 0 Å². The van der Waals surface area contributed by atoms with Crippen LogP contribution in [-0.2, 0) is 31.6 Å². The molecule has 1 amide bonds. The number of anilines is 1. The van der Waals surface area contributed by atoms with Crippen LogP contribution >= 0.6 is 15.9 Å². The highest BCUT2D eigenvalue weighted by Gasteiger charge is 2.59. The maximum absolute atomic E-state index is 14.9. The van der Waals surface area contributed by atoms with Gasteiger partial charge < -0.3 is 4.90 Å². The highest BCUT2D eigenvalue weighted by atomic mass is 79.9. The highest BCUT2D eigenvalue weighted by Crippen LogP contribution is 2.53. The molecule has 0 saturated heterocycles. The number of nitrogens with zero attached hydrogens (tertiary/aromatic N) is 2. The molecule has 0 aliphatic carbocycles. The number of para-hydroxylation sites is 1. The molecule has 0 radical (unpaired) electrons. The Hall–Kier alpha value is -4.01. The van der Waals surface area contributed by atoms with Gasteiger partial charge in [0.15, 0.2) is 0 Å². The average Bonchev–Trinajstić information content (AvgIpc) is 3.20. The standard InChI is InChI=1S/C36H33BrN2O4S/c1-23-9-15-30(16-10-23)44(42,43)39-22-32(26(4)40)36(20-34(39)28-11-13-29(37)14-12-28)31-7-5-6-8-33(31)38(35(36)41)21-27-18-24(2)17-25(3)19-27/h5-20,32H,21-22H2,1-4H3/t32-,36+/m0/s1. The molecule has 1 spiro atoms. The number of benzene rings is 4. The summed E-state index contributed by atoms with van der Waals surface area (Å²) in [6.45, 7) is 7.56. The summed E-state index contributed by atoms with van der Waals surface area (Å²) in [5, 5.41) is 0. The number of hydrogen-bond acceptors (Lipinski definition) is 4. The molecule has 0 unspecified atom stereocenters. The number of fused-ring (bicyclic) bond motifs is 2. The summed E-state index contributed by atoms with van der Waals surface area (Å²) in [7, 11) is -4.09. The van der Waals surface area contributed by atoms with Crippen LogP contribution in [-0.4, -0.2) is 31.0 Å². The van der Waals surface area contributed by atoms with Gasteiger partial charge in [-0.25, -0.2) is 8.42 Å². The molecular weight excluding hydrogens is 636 g/mol. The number of carbonyl (C=O) groups excluding carboxylic acids is 2. The number of sulfonamides is 1. The Bertz CT molecular complexity index is 1910. The molecule has 0 aromatic heterocycles. The molecule has 0 bridgehead atoms. The van der Waals surface area contributed by atoms with Crippen LogP contribution in [0, 0.1) is 26.7 Å². The van der Waals surface area contributed by atoms with E-state index in [1.165, 1.54) is 11.2 Å². The van der Waals surface area contributed by atoms with Crippen LogP contribution in [0.25, 0.3) is 5.70 Å². The molecule has 2 aliphatic rings. The summed E-state index contributed by atoms with van der Waals surface area (Å²) in [6.07, 6.45) is 1.74. The fourth-order valence-corrected chi connectivity index (χ4v) is 8.40. The van der Waals surface area contributed by atoms with Crippen LogP contribution in [0.15, 0.2) is 106 Å². The second-order valence-corrected chi connectivity index (χ2v) is 14.6. The average molecular weight is 670 g/mol. The number of rotatable bonds is 6. The van der Waals surface area contributed by atoms with E-state index in [9.17, 15) is 18.0 Å². The van der Waals surface area contributed by atoms with Crippen molar-refractivity contribution in [2.24, 2.45) is 5.92 Å². The lowest BCUT2D eigenvalue weighted by Crippen LogP contribution is -2.54. The summed E-state index contributed by atoms with van der Waals surface area (Å²) < 4.78 is 30.7. The Balaban J connectivity index is 1.59. The van der Waals surface area contributed by atoms with E-state index < -0.39 is 21.4 Å². The topological polar surface area (TPSA) is 74.8 Å². The SMILES string of the molecule is CC(=O)[C@@H]1CN(S(=O)(=O)c2ccc(C)cc2)C(c2ccc(Br)cc2)=C[C@]12C(=O)N(Cc1cc(C)cc(C)c1)c1ccccc12. The monoisotopic (exact) mass is 668 g/mol. The first kappa shape index (κ1) is 30.0. The molecule has 4 aromatic rings. The van der Waals surface area contributed by atoms with Gasteiger partial charge in [-0.05, 0) is 80.8 Å². The van der Waals surface area contributed by atoms with Crippen molar-refractivity contribution in [2.75, 3.05) is 11.4 Å². The zero-order chi connectivity index (χ0) is 31.4. The largest absolute Gasteiger partial charge is 0.307 e. The van der Waals surface area contributed by atoms with Crippen molar-refractivity contribution in [1.82, 2.24) is 4.31 Å². The molecule has 2 heterocycles. The number of amides is 1. The number of aryl methyl sites for hydroxylation is 3. The fourth-order valence-electron chi connectivity index (χ4n) is 6.64. The van der Waals surface area contributed by atoms with E-state index in [2.05, 4.69) is 34.1 Å². The van der Waals surface area contributed by atoms with Crippen molar-refractivity contribution in [3.8, 4) is 0 Å². The van der Waals surface area contributed by atoms with Crippen molar-refractivity contribution in [1.29, 1.82) is 0 Å². The van der Waals surface area contributed by atoms with E-state index in [-0.39, 0.29) is 23.1 Å². The van der Waals surface area contributed by atoms with Gasteiger partial charge in [-0.2, -0.15) is 0 Å². The first-order chi connectivity index (χ1) is 20.9. The van der Waals surface area contributed by atoms with Gasteiger partial charge >= 0.3 is 0 Å². The van der Waals surface area contributed by atoms with Gasteiger partial charge in [0.2, 0.25) is 5.91 Å².